The van der Waals surface area contributed by atoms with Crippen molar-refractivity contribution in [2.75, 3.05) is 13.2 Å². The summed E-state index contributed by atoms with van der Waals surface area (Å²) in [5.41, 5.74) is 0. The van der Waals surface area contributed by atoms with Crippen LogP contribution in [-0.2, 0) is 14.2 Å². The summed E-state index contributed by atoms with van der Waals surface area (Å²) in [5.74, 6) is 0. The van der Waals surface area contributed by atoms with Crippen molar-refractivity contribution in [3.8, 4) is 0 Å². The van der Waals surface area contributed by atoms with Gasteiger partial charge < -0.3 is 14.2 Å². The third-order valence-corrected chi connectivity index (χ3v) is 5.63. The van der Waals surface area contributed by atoms with Gasteiger partial charge in [0, 0.05) is 13.0 Å². The first kappa shape index (κ1) is 20.8. The second-order valence-corrected chi connectivity index (χ2v) is 8.96. The lowest BCUT2D eigenvalue weighted by molar-refractivity contribution is -0.208. The lowest BCUT2D eigenvalue weighted by atomic mass is 10.0. The van der Waals surface area contributed by atoms with Crippen LogP contribution in [0, 0.1) is 0 Å². The van der Waals surface area contributed by atoms with E-state index in [1.54, 1.807) is 0 Å². The lowest BCUT2D eigenvalue weighted by Gasteiger charge is -2.31. The summed E-state index contributed by atoms with van der Waals surface area (Å²) in [6.07, 6.45) is 12.6. The molecular formula is C19H34Cl2O3. The van der Waals surface area contributed by atoms with E-state index in [9.17, 15) is 0 Å². The number of hydrogen-bond acceptors (Lipinski definition) is 3. The summed E-state index contributed by atoms with van der Waals surface area (Å²) < 4.78 is 17.8. The zero-order chi connectivity index (χ0) is 17.3. The van der Waals surface area contributed by atoms with Gasteiger partial charge in [-0.25, -0.2) is 0 Å². The van der Waals surface area contributed by atoms with E-state index in [4.69, 9.17) is 37.4 Å². The molecule has 3 nitrogen and oxygen atoms in total. The predicted molar refractivity (Wildman–Crippen MR) is 99.9 cm³/mol. The van der Waals surface area contributed by atoms with Crippen molar-refractivity contribution in [3.05, 3.63) is 0 Å². The van der Waals surface area contributed by atoms with Crippen molar-refractivity contribution in [2.24, 2.45) is 0 Å². The van der Waals surface area contributed by atoms with Crippen molar-refractivity contribution in [2.45, 2.75) is 107 Å². The van der Waals surface area contributed by atoms with Gasteiger partial charge in [0.25, 0.3) is 0 Å². The van der Waals surface area contributed by atoms with Gasteiger partial charge in [0.15, 0.2) is 6.29 Å². The van der Waals surface area contributed by atoms with Crippen LogP contribution in [0.15, 0.2) is 0 Å². The summed E-state index contributed by atoms with van der Waals surface area (Å²) in [4.78, 5) is 0. The molecule has 2 fully saturated rings. The van der Waals surface area contributed by atoms with E-state index >= 15 is 0 Å². The third kappa shape index (κ3) is 8.23. The van der Waals surface area contributed by atoms with Gasteiger partial charge in [-0.15, -0.1) is 23.2 Å². The predicted octanol–water partition coefficient (Wildman–Crippen LogP) is 6.00. The average molecular weight is 381 g/mol. The van der Waals surface area contributed by atoms with Gasteiger partial charge in [0.2, 0.25) is 0 Å². The Kier molecular flexibility index (Phi) is 9.72. The molecule has 0 aromatic rings. The SMILES string of the molecule is CCCC(Cl)(Cl)CC1OC2CCCCCCC(COCCCC2)O1. The Hall–Kier alpha value is 0.460. The Balaban J connectivity index is 2.09. The molecule has 2 bridgehead atoms. The van der Waals surface area contributed by atoms with Crippen LogP contribution in [-0.4, -0.2) is 36.0 Å². The van der Waals surface area contributed by atoms with Gasteiger partial charge in [0.1, 0.15) is 4.33 Å². The second-order valence-electron chi connectivity index (χ2n) is 7.32. The summed E-state index contributed by atoms with van der Waals surface area (Å²) >= 11 is 13.0. The minimum absolute atomic E-state index is 0.0811. The van der Waals surface area contributed by atoms with Gasteiger partial charge in [-0.1, -0.05) is 39.0 Å². The maximum Gasteiger partial charge on any atom is 0.161 e. The first-order valence-corrected chi connectivity index (χ1v) is 10.6. The van der Waals surface area contributed by atoms with Crippen molar-refractivity contribution < 1.29 is 14.2 Å². The van der Waals surface area contributed by atoms with Gasteiger partial charge >= 0.3 is 0 Å². The molecule has 2 rings (SSSR count). The van der Waals surface area contributed by atoms with Crippen molar-refractivity contribution >= 4 is 23.2 Å². The first-order valence-electron chi connectivity index (χ1n) is 9.85. The smallest absolute Gasteiger partial charge is 0.161 e. The van der Waals surface area contributed by atoms with Crippen LogP contribution in [0.1, 0.15) is 84.0 Å². The number of ether oxygens (including phenoxy) is 3. The molecule has 2 aliphatic rings. The highest BCUT2D eigenvalue weighted by Gasteiger charge is 2.32. The molecule has 0 amide bonds. The fourth-order valence-corrected chi connectivity index (χ4v) is 4.26. The summed E-state index contributed by atoms with van der Waals surface area (Å²) in [5, 5.41) is 0. The molecule has 2 aliphatic heterocycles. The van der Waals surface area contributed by atoms with E-state index in [1.165, 1.54) is 25.7 Å². The molecule has 0 spiro atoms. The largest absolute Gasteiger partial charge is 0.379 e. The molecule has 142 valence electrons. The van der Waals surface area contributed by atoms with E-state index < -0.39 is 4.33 Å². The highest BCUT2D eigenvalue weighted by molar-refractivity contribution is 6.48. The fourth-order valence-electron chi connectivity index (χ4n) is 3.63. The van der Waals surface area contributed by atoms with Crippen LogP contribution < -0.4 is 0 Å². The molecular weight excluding hydrogens is 347 g/mol. The number of hydrogen-bond donors (Lipinski definition) is 0. The van der Waals surface area contributed by atoms with E-state index in [-0.39, 0.29) is 18.5 Å². The van der Waals surface area contributed by atoms with Gasteiger partial charge in [-0.3, -0.25) is 0 Å². The molecule has 2 heterocycles. The van der Waals surface area contributed by atoms with E-state index in [0.717, 1.165) is 51.6 Å². The maximum absolute atomic E-state index is 6.51. The van der Waals surface area contributed by atoms with E-state index in [0.29, 0.717) is 13.0 Å². The van der Waals surface area contributed by atoms with Crippen LogP contribution in [0.3, 0.4) is 0 Å². The maximum atomic E-state index is 6.51. The normalized spacial score (nSPS) is 31.4. The Morgan fingerprint density at radius 3 is 2.21 bits per heavy atom. The molecule has 0 aromatic carbocycles. The lowest BCUT2D eigenvalue weighted by Crippen LogP contribution is -2.35. The van der Waals surface area contributed by atoms with Crippen molar-refractivity contribution in [3.63, 3.8) is 0 Å². The molecule has 24 heavy (non-hydrogen) atoms. The minimum atomic E-state index is -0.782. The molecule has 0 saturated carbocycles. The number of rotatable bonds is 4. The summed E-state index contributed by atoms with van der Waals surface area (Å²) in [6, 6.07) is 0. The molecule has 3 atom stereocenters. The average Bonchev–Trinajstić information content (AvgIpc) is 2.58. The highest BCUT2D eigenvalue weighted by Crippen LogP contribution is 2.35. The number of halogens is 2. The minimum Gasteiger partial charge on any atom is -0.379 e. The van der Waals surface area contributed by atoms with Crippen LogP contribution in [0.25, 0.3) is 0 Å². The molecule has 0 aromatic heterocycles. The first-order chi connectivity index (χ1) is 11.6. The summed E-state index contributed by atoms with van der Waals surface area (Å²) in [7, 11) is 0. The molecule has 2 saturated heterocycles. The second kappa shape index (κ2) is 11.2. The zero-order valence-corrected chi connectivity index (χ0v) is 16.6. The molecule has 0 radical (unpaired) electrons. The summed E-state index contributed by atoms with van der Waals surface area (Å²) in [6.45, 7) is 3.57. The fraction of sp³-hybridized carbons (Fsp3) is 1.00. The quantitative estimate of drug-likeness (QED) is 0.559. The molecule has 3 unspecified atom stereocenters. The van der Waals surface area contributed by atoms with Crippen LogP contribution >= 0.6 is 23.2 Å². The zero-order valence-electron chi connectivity index (χ0n) is 15.1. The van der Waals surface area contributed by atoms with E-state index in [2.05, 4.69) is 6.92 Å². The van der Waals surface area contributed by atoms with E-state index in [1.807, 2.05) is 0 Å². The van der Waals surface area contributed by atoms with Gasteiger partial charge in [-0.2, -0.15) is 0 Å². The Morgan fingerprint density at radius 2 is 1.50 bits per heavy atom. The highest BCUT2D eigenvalue weighted by atomic mass is 35.5. The van der Waals surface area contributed by atoms with Crippen LogP contribution in [0.2, 0.25) is 0 Å². The standard InChI is InChI=1S/C19H34Cl2O3/c1-2-12-19(20,21)14-18-23-16-9-5-3-4-6-11-17(24-18)15-22-13-8-7-10-16/h16-18H,2-15H2,1H3. The van der Waals surface area contributed by atoms with Crippen molar-refractivity contribution in [1.29, 1.82) is 0 Å². The molecule has 0 N–H and O–H groups in total. The Morgan fingerprint density at radius 1 is 0.875 bits per heavy atom. The monoisotopic (exact) mass is 380 g/mol. The third-order valence-electron chi connectivity index (χ3n) is 4.94. The Bertz CT molecular complexity index is 301. The Labute approximate surface area is 157 Å². The van der Waals surface area contributed by atoms with Crippen LogP contribution in [0.4, 0.5) is 0 Å². The van der Waals surface area contributed by atoms with Crippen molar-refractivity contribution in [1.82, 2.24) is 0 Å². The number of fused-ring (bicyclic) bond motifs is 4. The molecule has 0 aliphatic carbocycles. The van der Waals surface area contributed by atoms with Gasteiger partial charge in [-0.05, 0) is 38.5 Å². The number of alkyl halides is 2. The molecule has 5 heteroatoms. The van der Waals surface area contributed by atoms with Crippen LogP contribution in [0.5, 0.6) is 0 Å². The van der Waals surface area contributed by atoms with Gasteiger partial charge in [0.05, 0.1) is 18.8 Å². The topological polar surface area (TPSA) is 27.7 Å².